The average molecular weight is 270 g/mol. The van der Waals surface area contributed by atoms with Gasteiger partial charge >= 0.3 is 6.03 Å². The third kappa shape index (κ3) is 3.71. The number of aromatic nitrogens is 1. The highest BCUT2D eigenvalue weighted by Crippen LogP contribution is 2.20. The molecule has 1 aromatic heterocycles. The van der Waals surface area contributed by atoms with Crippen LogP contribution in [0.15, 0.2) is 42.7 Å². The summed E-state index contributed by atoms with van der Waals surface area (Å²) < 4.78 is 0. The van der Waals surface area contributed by atoms with Crippen LogP contribution in [0.3, 0.4) is 0 Å². The molecule has 0 saturated heterocycles. The van der Waals surface area contributed by atoms with Gasteiger partial charge in [-0.2, -0.15) is 0 Å². The summed E-state index contributed by atoms with van der Waals surface area (Å²) in [5, 5.41) is 5.92. The van der Waals surface area contributed by atoms with Crippen LogP contribution in [0.4, 0.5) is 16.2 Å². The quantitative estimate of drug-likeness (QED) is 0.798. The van der Waals surface area contributed by atoms with Gasteiger partial charge < -0.3 is 16.4 Å². The Kier molecular flexibility index (Phi) is 4.20. The van der Waals surface area contributed by atoms with Gasteiger partial charge in [0, 0.05) is 24.1 Å². The Morgan fingerprint density at radius 1 is 1.20 bits per heavy atom. The molecule has 0 aliphatic heterocycles. The van der Waals surface area contributed by atoms with Crippen LogP contribution in [0.25, 0.3) is 0 Å². The predicted octanol–water partition coefficient (Wildman–Crippen LogP) is 3.05. The molecule has 1 atom stereocenters. The number of carbonyl (C=O) groups is 1. The minimum atomic E-state index is -0.560. The molecule has 5 nitrogen and oxygen atoms in total. The van der Waals surface area contributed by atoms with Crippen LogP contribution in [-0.2, 0) is 0 Å². The third-order valence-corrected chi connectivity index (χ3v) is 2.94. The van der Waals surface area contributed by atoms with E-state index >= 15 is 0 Å². The van der Waals surface area contributed by atoms with Crippen molar-refractivity contribution in [3.8, 4) is 0 Å². The van der Waals surface area contributed by atoms with Crippen molar-refractivity contribution in [3.05, 3.63) is 53.9 Å². The number of anilines is 2. The number of nitrogens with one attached hydrogen (secondary N) is 2. The van der Waals surface area contributed by atoms with Crippen molar-refractivity contribution in [1.29, 1.82) is 0 Å². The molecule has 0 saturated carbocycles. The second-order valence-corrected chi connectivity index (χ2v) is 4.73. The highest BCUT2D eigenvalue weighted by Gasteiger charge is 2.06. The smallest absolute Gasteiger partial charge is 0.316 e. The maximum Gasteiger partial charge on any atom is 0.316 e. The third-order valence-electron chi connectivity index (χ3n) is 2.94. The monoisotopic (exact) mass is 270 g/mol. The molecule has 0 radical (unpaired) electrons. The zero-order chi connectivity index (χ0) is 14.5. The summed E-state index contributed by atoms with van der Waals surface area (Å²) in [6, 6.07) is 9.18. The van der Waals surface area contributed by atoms with Gasteiger partial charge in [-0.15, -0.1) is 0 Å². The number of urea groups is 1. The average Bonchev–Trinajstić information content (AvgIpc) is 2.38. The van der Waals surface area contributed by atoms with Crippen LogP contribution in [-0.4, -0.2) is 11.0 Å². The molecule has 1 heterocycles. The van der Waals surface area contributed by atoms with Gasteiger partial charge in [0.1, 0.15) is 0 Å². The molecule has 4 N–H and O–H groups in total. The SMILES string of the molecule is Cc1cncc(NC(C)c2ccc(NC(N)=O)cc2)c1. The summed E-state index contributed by atoms with van der Waals surface area (Å²) in [4.78, 5) is 14.9. The number of benzene rings is 1. The van der Waals surface area contributed by atoms with Gasteiger partial charge in [-0.3, -0.25) is 4.98 Å². The Labute approximate surface area is 118 Å². The summed E-state index contributed by atoms with van der Waals surface area (Å²) in [7, 11) is 0. The summed E-state index contributed by atoms with van der Waals surface area (Å²) in [5.74, 6) is 0. The number of amides is 2. The van der Waals surface area contributed by atoms with Crippen LogP contribution in [0, 0.1) is 6.92 Å². The van der Waals surface area contributed by atoms with Gasteiger partial charge in [-0.1, -0.05) is 12.1 Å². The van der Waals surface area contributed by atoms with E-state index in [1.807, 2.05) is 43.5 Å². The van der Waals surface area contributed by atoms with E-state index < -0.39 is 6.03 Å². The Hall–Kier alpha value is -2.56. The topological polar surface area (TPSA) is 80.0 Å². The lowest BCUT2D eigenvalue weighted by molar-refractivity contribution is 0.259. The van der Waals surface area contributed by atoms with Gasteiger partial charge in [-0.25, -0.2) is 4.79 Å². The first kappa shape index (κ1) is 13.9. The lowest BCUT2D eigenvalue weighted by Gasteiger charge is -2.16. The van der Waals surface area contributed by atoms with Gasteiger partial charge in [0.25, 0.3) is 0 Å². The minimum absolute atomic E-state index is 0.140. The van der Waals surface area contributed by atoms with Crippen molar-refractivity contribution in [2.45, 2.75) is 19.9 Å². The molecule has 0 aliphatic carbocycles. The van der Waals surface area contributed by atoms with Gasteiger partial charge in [0.2, 0.25) is 0 Å². The van der Waals surface area contributed by atoms with Crippen molar-refractivity contribution < 1.29 is 4.79 Å². The van der Waals surface area contributed by atoms with E-state index in [4.69, 9.17) is 5.73 Å². The summed E-state index contributed by atoms with van der Waals surface area (Å²) in [5.41, 5.74) is 8.96. The van der Waals surface area contributed by atoms with E-state index in [0.717, 1.165) is 16.8 Å². The molecule has 2 aromatic rings. The fourth-order valence-corrected chi connectivity index (χ4v) is 1.96. The van der Waals surface area contributed by atoms with E-state index in [2.05, 4.69) is 22.5 Å². The van der Waals surface area contributed by atoms with Gasteiger partial charge in [0.05, 0.1) is 5.69 Å². The van der Waals surface area contributed by atoms with Gasteiger partial charge in [0.15, 0.2) is 0 Å². The lowest BCUT2D eigenvalue weighted by Crippen LogP contribution is -2.19. The molecule has 0 fully saturated rings. The number of primary amides is 1. The molecular weight excluding hydrogens is 252 g/mol. The molecule has 2 rings (SSSR count). The van der Waals surface area contributed by atoms with E-state index in [1.54, 1.807) is 6.20 Å². The molecule has 20 heavy (non-hydrogen) atoms. The number of hydrogen-bond acceptors (Lipinski definition) is 3. The first-order valence-corrected chi connectivity index (χ1v) is 6.39. The fourth-order valence-electron chi connectivity index (χ4n) is 1.96. The second kappa shape index (κ2) is 6.06. The maximum absolute atomic E-state index is 10.8. The molecular formula is C15H18N4O. The van der Waals surface area contributed by atoms with Crippen LogP contribution < -0.4 is 16.4 Å². The molecule has 1 unspecified atom stereocenters. The molecule has 0 aliphatic rings. The molecule has 104 valence electrons. The Balaban J connectivity index is 2.05. The van der Waals surface area contributed by atoms with E-state index in [1.165, 1.54) is 0 Å². The van der Waals surface area contributed by atoms with E-state index in [0.29, 0.717) is 5.69 Å². The predicted molar refractivity (Wildman–Crippen MR) is 80.7 cm³/mol. The second-order valence-electron chi connectivity index (χ2n) is 4.73. The molecule has 2 amide bonds. The van der Waals surface area contributed by atoms with Gasteiger partial charge in [-0.05, 0) is 43.2 Å². The number of rotatable bonds is 4. The zero-order valence-corrected chi connectivity index (χ0v) is 11.6. The number of carbonyl (C=O) groups excluding carboxylic acids is 1. The summed E-state index contributed by atoms with van der Waals surface area (Å²) >= 11 is 0. The number of nitrogens with zero attached hydrogens (tertiary/aromatic N) is 1. The fraction of sp³-hybridized carbons (Fsp3) is 0.200. The summed E-state index contributed by atoms with van der Waals surface area (Å²) in [6.07, 6.45) is 3.62. The number of pyridine rings is 1. The van der Waals surface area contributed by atoms with Crippen LogP contribution >= 0.6 is 0 Å². The van der Waals surface area contributed by atoms with Crippen molar-refractivity contribution in [2.24, 2.45) is 5.73 Å². The number of nitrogens with two attached hydrogens (primary N) is 1. The first-order valence-electron chi connectivity index (χ1n) is 6.39. The Morgan fingerprint density at radius 2 is 1.90 bits per heavy atom. The molecule has 1 aromatic carbocycles. The highest BCUT2D eigenvalue weighted by atomic mass is 16.2. The first-order chi connectivity index (χ1) is 9.54. The highest BCUT2D eigenvalue weighted by molar-refractivity contribution is 5.87. The number of hydrogen-bond donors (Lipinski definition) is 3. The molecule has 0 bridgehead atoms. The van der Waals surface area contributed by atoms with E-state index in [-0.39, 0.29) is 6.04 Å². The summed E-state index contributed by atoms with van der Waals surface area (Å²) in [6.45, 7) is 4.08. The molecule has 5 heteroatoms. The van der Waals surface area contributed by atoms with Crippen LogP contribution in [0.2, 0.25) is 0 Å². The van der Waals surface area contributed by atoms with Crippen LogP contribution in [0.5, 0.6) is 0 Å². The number of aryl methyl sites for hydroxylation is 1. The maximum atomic E-state index is 10.8. The Morgan fingerprint density at radius 3 is 2.50 bits per heavy atom. The standard InChI is InChI=1S/C15H18N4O/c1-10-7-14(9-17-8-10)18-11(2)12-3-5-13(6-4-12)19-15(16)20/h3-9,11,18H,1-2H3,(H3,16,19,20). The van der Waals surface area contributed by atoms with E-state index in [9.17, 15) is 4.79 Å². The van der Waals surface area contributed by atoms with Crippen LogP contribution in [0.1, 0.15) is 24.1 Å². The van der Waals surface area contributed by atoms with Crippen molar-refractivity contribution >= 4 is 17.4 Å². The molecule has 0 spiro atoms. The van der Waals surface area contributed by atoms with Crippen molar-refractivity contribution in [3.63, 3.8) is 0 Å². The van der Waals surface area contributed by atoms with Crippen molar-refractivity contribution in [1.82, 2.24) is 4.98 Å². The lowest BCUT2D eigenvalue weighted by atomic mass is 10.1. The Bertz CT molecular complexity index is 595. The van der Waals surface area contributed by atoms with Crippen molar-refractivity contribution in [2.75, 3.05) is 10.6 Å². The largest absolute Gasteiger partial charge is 0.377 e. The minimum Gasteiger partial charge on any atom is -0.377 e. The normalized spacial score (nSPS) is 11.7. The zero-order valence-electron chi connectivity index (χ0n) is 11.6.